The summed E-state index contributed by atoms with van der Waals surface area (Å²) >= 11 is 0. The second-order valence-corrected chi connectivity index (χ2v) is 5.15. The second-order valence-electron chi connectivity index (χ2n) is 5.15. The standard InChI is InChI=1S/C13H18N4O/c1-9(12(18)17-13(2,3)4)16-11-7-10(8-14)5-6-15-11/h5-7,9H,1-4H3,(H,15,16)(H,17,18)/t9-/m1/s1. The van der Waals surface area contributed by atoms with Crippen LogP contribution in [0.25, 0.3) is 0 Å². The van der Waals surface area contributed by atoms with E-state index < -0.39 is 6.04 Å². The Bertz CT molecular complexity index is 471. The SMILES string of the molecule is C[C@@H](Nc1cc(C#N)ccn1)C(=O)NC(C)(C)C. The monoisotopic (exact) mass is 246 g/mol. The Morgan fingerprint density at radius 1 is 1.50 bits per heavy atom. The fourth-order valence-corrected chi connectivity index (χ4v) is 1.34. The minimum atomic E-state index is -0.411. The summed E-state index contributed by atoms with van der Waals surface area (Å²) < 4.78 is 0. The van der Waals surface area contributed by atoms with Gasteiger partial charge in [0.05, 0.1) is 11.6 Å². The van der Waals surface area contributed by atoms with Crippen LogP contribution in [0.15, 0.2) is 18.3 Å². The minimum absolute atomic E-state index is 0.105. The second kappa shape index (κ2) is 5.50. The summed E-state index contributed by atoms with van der Waals surface area (Å²) in [5, 5.41) is 14.6. The van der Waals surface area contributed by atoms with Crippen LogP contribution in [0.2, 0.25) is 0 Å². The van der Waals surface area contributed by atoms with Gasteiger partial charge in [-0.2, -0.15) is 5.26 Å². The van der Waals surface area contributed by atoms with Gasteiger partial charge in [-0.25, -0.2) is 4.98 Å². The van der Waals surface area contributed by atoms with Gasteiger partial charge in [0.25, 0.3) is 0 Å². The largest absolute Gasteiger partial charge is 0.359 e. The van der Waals surface area contributed by atoms with Gasteiger partial charge in [0.1, 0.15) is 11.9 Å². The number of rotatable bonds is 3. The molecule has 18 heavy (non-hydrogen) atoms. The average molecular weight is 246 g/mol. The molecule has 1 rings (SSSR count). The number of aromatic nitrogens is 1. The van der Waals surface area contributed by atoms with Gasteiger partial charge in [-0.05, 0) is 39.8 Å². The number of hydrogen-bond acceptors (Lipinski definition) is 4. The molecular weight excluding hydrogens is 228 g/mol. The third kappa shape index (κ3) is 4.42. The molecule has 0 saturated heterocycles. The number of hydrogen-bond donors (Lipinski definition) is 2. The number of pyridine rings is 1. The lowest BCUT2D eigenvalue weighted by atomic mass is 10.1. The van der Waals surface area contributed by atoms with Crippen molar-refractivity contribution in [2.24, 2.45) is 0 Å². The molecule has 0 unspecified atom stereocenters. The highest BCUT2D eigenvalue weighted by molar-refractivity contribution is 5.84. The van der Waals surface area contributed by atoms with Gasteiger partial charge in [-0.15, -0.1) is 0 Å². The van der Waals surface area contributed by atoms with E-state index in [4.69, 9.17) is 5.26 Å². The Balaban J connectivity index is 2.67. The van der Waals surface area contributed by atoms with Gasteiger partial charge in [0.15, 0.2) is 0 Å². The maximum Gasteiger partial charge on any atom is 0.242 e. The predicted octanol–water partition coefficient (Wildman–Crippen LogP) is 1.67. The van der Waals surface area contributed by atoms with Crippen molar-refractivity contribution in [1.82, 2.24) is 10.3 Å². The molecule has 1 atom stereocenters. The lowest BCUT2D eigenvalue weighted by Crippen LogP contribution is -2.47. The molecule has 1 heterocycles. The number of nitrogens with one attached hydrogen (secondary N) is 2. The summed E-state index contributed by atoms with van der Waals surface area (Å²) in [4.78, 5) is 15.9. The van der Waals surface area contributed by atoms with Gasteiger partial charge in [-0.3, -0.25) is 4.79 Å². The molecule has 0 aliphatic heterocycles. The molecular formula is C13H18N4O. The van der Waals surface area contributed by atoms with Crippen LogP contribution in [0.4, 0.5) is 5.82 Å². The zero-order valence-electron chi connectivity index (χ0n) is 11.1. The van der Waals surface area contributed by atoms with E-state index in [1.807, 2.05) is 26.8 Å². The summed E-state index contributed by atoms with van der Waals surface area (Å²) in [6.45, 7) is 7.52. The number of carbonyl (C=O) groups excluding carboxylic acids is 1. The van der Waals surface area contributed by atoms with E-state index >= 15 is 0 Å². The molecule has 1 amide bonds. The fourth-order valence-electron chi connectivity index (χ4n) is 1.34. The summed E-state index contributed by atoms with van der Waals surface area (Å²) in [6.07, 6.45) is 1.54. The first-order valence-electron chi connectivity index (χ1n) is 5.76. The number of nitrogens with zero attached hydrogens (tertiary/aromatic N) is 2. The molecule has 0 aromatic carbocycles. The average Bonchev–Trinajstić information content (AvgIpc) is 2.27. The molecule has 0 aliphatic carbocycles. The van der Waals surface area contributed by atoms with Crippen molar-refractivity contribution < 1.29 is 4.79 Å². The number of carbonyl (C=O) groups is 1. The molecule has 1 aromatic rings. The van der Waals surface area contributed by atoms with Crippen LogP contribution in [-0.4, -0.2) is 22.5 Å². The quantitative estimate of drug-likeness (QED) is 0.850. The van der Waals surface area contributed by atoms with Crippen molar-refractivity contribution in [2.45, 2.75) is 39.3 Å². The van der Waals surface area contributed by atoms with Crippen molar-refractivity contribution >= 4 is 11.7 Å². The van der Waals surface area contributed by atoms with Crippen molar-refractivity contribution in [2.75, 3.05) is 5.32 Å². The molecule has 5 nitrogen and oxygen atoms in total. The summed E-state index contributed by atoms with van der Waals surface area (Å²) in [5.74, 6) is 0.414. The molecule has 0 saturated carbocycles. The first-order chi connectivity index (χ1) is 8.31. The van der Waals surface area contributed by atoms with Crippen LogP contribution in [0.3, 0.4) is 0 Å². The Morgan fingerprint density at radius 3 is 2.72 bits per heavy atom. The zero-order valence-corrected chi connectivity index (χ0v) is 11.1. The van der Waals surface area contributed by atoms with Crippen LogP contribution in [0, 0.1) is 11.3 Å². The maximum atomic E-state index is 11.9. The van der Waals surface area contributed by atoms with E-state index in [0.717, 1.165) is 0 Å². The Labute approximate surface area is 107 Å². The molecule has 0 radical (unpaired) electrons. The van der Waals surface area contributed by atoms with Gasteiger partial charge in [-0.1, -0.05) is 0 Å². The van der Waals surface area contributed by atoms with Gasteiger partial charge in [0.2, 0.25) is 5.91 Å². The van der Waals surface area contributed by atoms with Gasteiger partial charge in [0, 0.05) is 11.7 Å². The lowest BCUT2D eigenvalue weighted by Gasteiger charge is -2.23. The molecule has 2 N–H and O–H groups in total. The predicted molar refractivity (Wildman–Crippen MR) is 69.9 cm³/mol. The van der Waals surface area contributed by atoms with E-state index in [9.17, 15) is 4.79 Å². The van der Waals surface area contributed by atoms with E-state index in [2.05, 4.69) is 15.6 Å². The normalized spacial score (nSPS) is 12.4. The first kappa shape index (κ1) is 14.0. The topological polar surface area (TPSA) is 77.8 Å². The van der Waals surface area contributed by atoms with Crippen LogP contribution >= 0.6 is 0 Å². The number of nitriles is 1. The van der Waals surface area contributed by atoms with Crippen LogP contribution < -0.4 is 10.6 Å². The minimum Gasteiger partial charge on any atom is -0.359 e. The molecule has 0 aliphatic rings. The molecule has 5 heteroatoms. The molecule has 1 aromatic heterocycles. The first-order valence-corrected chi connectivity index (χ1v) is 5.76. The summed E-state index contributed by atoms with van der Waals surface area (Å²) in [5.41, 5.74) is 0.241. The van der Waals surface area contributed by atoms with E-state index in [-0.39, 0.29) is 11.4 Å². The smallest absolute Gasteiger partial charge is 0.242 e. The highest BCUT2D eigenvalue weighted by atomic mass is 16.2. The summed E-state index contributed by atoms with van der Waals surface area (Å²) in [6, 6.07) is 4.84. The van der Waals surface area contributed by atoms with Crippen molar-refractivity contribution in [3.05, 3.63) is 23.9 Å². The molecule has 96 valence electrons. The van der Waals surface area contributed by atoms with Gasteiger partial charge < -0.3 is 10.6 Å². The Hall–Kier alpha value is -2.09. The van der Waals surface area contributed by atoms with Gasteiger partial charge >= 0.3 is 0 Å². The third-order valence-corrected chi connectivity index (χ3v) is 2.14. The van der Waals surface area contributed by atoms with Crippen molar-refractivity contribution in [3.63, 3.8) is 0 Å². The molecule has 0 spiro atoms. The number of anilines is 1. The van der Waals surface area contributed by atoms with Crippen molar-refractivity contribution in [1.29, 1.82) is 5.26 Å². The van der Waals surface area contributed by atoms with E-state index in [1.165, 1.54) is 6.20 Å². The third-order valence-electron chi connectivity index (χ3n) is 2.14. The van der Waals surface area contributed by atoms with E-state index in [0.29, 0.717) is 11.4 Å². The van der Waals surface area contributed by atoms with Crippen LogP contribution in [-0.2, 0) is 4.79 Å². The van der Waals surface area contributed by atoms with Crippen LogP contribution in [0.5, 0.6) is 0 Å². The summed E-state index contributed by atoms with van der Waals surface area (Å²) in [7, 11) is 0. The Kier molecular flexibility index (Phi) is 4.27. The molecule has 0 fully saturated rings. The number of amides is 1. The zero-order chi connectivity index (χ0) is 13.8. The van der Waals surface area contributed by atoms with E-state index in [1.54, 1.807) is 19.1 Å². The Morgan fingerprint density at radius 2 is 2.17 bits per heavy atom. The molecule has 0 bridgehead atoms. The lowest BCUT2D eigenvalue weighted by molar-refractivity contribution is -0.122. The highest BCUT2D eigenvalue weighted by Crippen LogP contribution is 2.08. The van der Waals surface area contributed by atoms with Crippen LogP contribution in [0.1, 0.15) is 33.3 Å². The maximum absolute atomic E-state index is 11.9. The fraction of sp³-hybridized carbons (Fsp3) is 0.462. The van der Waals surface area contributed by atoms with Crippen molar-refractivity contribution in [3.8, 4) is 6.07 Å². The highest BCUT2D eigenvalue weighted by Gasteiger charge is 2.19.